The maximum absolute atomic E-state index is 4.16. The predicted molar refractivity (Wildman–Crippen MR) is 51.3 cm³/mol. The van der Waals surface area contributed by atoms with Gasteiger partial charge in [0.1, 0.15) is 6.33 Å². The number of anilines is 1. The lowest BCUT2D eigenvalue weighted by atomic mass is 10.2. The highest BCUT2D eigenvalue weighted by Crippen LogP contribution is 2.30. The molecule has 1 aliphatic rings. The first-order valence-corrected chi connectivity index (χ1v) is 3.98. The van der Waals surface area contributed by atoms with Crippen molar-refractivity contribution >= 4 is 28.7 Å². The summed E-state index contributed by atoms with van der Waals surface area (Å²) in [5, 5.41) is 4.05. The molecule has 2 aromatic rings. The topological polar surface area (TPSA) is 50.2 Å². The zero-order valence-corrected chi connectivity index (χ0v) is 6.73. The Morgan fingerprint density at radius 3 is 3.15 bits per heavy atom. The number of hydrogen-bond donors (Lipinski definition) is 1. The van der Waals surface area contributed by atoms with Crippen LogP contribution in [0.4, 0.5) is 11.5 Å². The molecule has 4 heteroatoms. The van der Waals surface area contributed by atoms with Gasteiger partial charge in [0.2, 0.25) is 0 Å². The molecule has 0 atom stereocenters. The smallest absolute Gasteiger partial charge is 0.166 e. The first kappa shape index (κ1) is 6.54. The minimum Gasteiger partial charge on any atom is -0.346 e. The number of nitrogens with one attached hydrogen (secondary N) is 1. The first-order chi connectivity index (χ1) is 6.45. The van der Waals surface area contributed by atoms with E-state index in [2.05, 4.69) is 20.3 Å². The number of nitrogens with zero attached hydrogens (tertiary/aromatic N) is 3. The van der Waals surface area contributed by atoms with Crippen LogP contribution in [0.25, 0.3) is 10.9 Å². The molecule has 1 aliphatic heterocycles. The van der Waals surface area contributed by atoms with Crippen LogP contribution >= 0.6 is 0 Å². The molecule has 13 heavy (non-hydrogen) atoms. The van der Waals surface area contributed by atoms with Crippen LogP contribution in [-0.4, -0.2) is 16.3 Å². The van der Waals surface area contributed by atoms with E-state index in [1.54, 1.807) is 6.34 Å². The largest absolute Gasteiger partial charge is 0.346 e. The van der Waals surface area contributed by atoms with Crippen molar-refractivity contribution in [2.75, 3.05) is 5.32 Å². The predicted octanol–water partition coefficient (Wildman–Crippen LogP) is 1.72. The van der Waals surface area contributed by atoms with Crippen LogP contribution in [0.1, 0.15) is 0 Å². The van der Waals surface area contributed by atoms with Crippen LogP contribution in [0.5, 0.6) is 0 Å². The maximum atomic E-state index is 4.16. The summed E-state index contributed by atoms with van der Waals surface area (Å²) in [4.78, 5) is 12.4. The molecule has 0 saturated carbocycles. The Hall–Kier alpha value is -1.97. The molecule has 4 nitrogen and oxygen atoms in total. The average Bonchev–Trinajstić information content (AvgIpc) is 2.19. The number of hydrogen-bond acceptors (Lipinski definition) is 4. The molecule has 0 aliphatic carbocycles. The Labute approximate surface area is 74.4 Å². The number of aliphatic imine (C=N–C) groups is 1. The third-order valence-corrected chi connectivity index (χ3v) is 2.05. The van der Waals surface area contributed by atoms with Crippen molar-refractivity contribution in [2.45, 2.75) is 0 Å². The second-order valence-corrected chi connectivity index (χ2v) is 2.80. The van der Waals surface area contributed by atoms with Gasteiger partial charge in [0.05, 0.1) is 22.9 Å². The Kier molecular flexibility index (Phi) is 1.14. The normalized spacial score (nSPS) is 12.9. The second kappa shape index (κ2) is 2.26. The molecule has 2 heterocycles. The van der Waals surface area contributed by atoms with Gasteiger partial charge in [-0.25, -0.2) is 15.0 Å². The minimum atomic E-state index is 0.736. The van der Waals surface area contributed by atoms with Crippen molar-refractivity contribution in [1.82, 2.24) is 9.97 Å². The summed E-state index contributed by atoms with van der Waals surface area (Å²) < 4.78 is 0. The van der Waals surface area contributed by atoms with Crippen molar-refractivity contribution < 1.29 is 0 Å². The van der Waals surface area contributed by atoms with Crippen molar-refractivity contribution in [3.63, 3.8) is 0 Å². The van der Waals surface area contributed by atoms with E-state index in [0.717, 1.165) is 22.4 Å². The molecule has 0 radical (unpaired) electrons. The summed E-state index contributed by atoms with van der Waals surface area (Å²) in [7, 11) is 0. The van der Waals surface area contributed by atoms with Gasteiger partial charge >= 0.3 is 0 Å². The third kappa shape index (κ3) is 0.823. The molecule has 1 aromatic heterocycles. The van der Waals surface area contributed by atoms with E-state index in [0.29, 0.717) is 0 Å². The summed E-state index contributed by atoms with van der Waals surface area (Å²) in [6, 6.07) is 5.90. The lowest BCUT2D eigenvalue weighted by Crippen LogP contribution is -2.01. The van der Waals surface area contributed by atoms with Crippen LogP contribution in [0.15, 0.2) is 29.5 Å². The van der Waals surface area contributed by atoms with E-state index < -0.39 is 0 Å². The highest BCUT2D eigenvalue weighted by atomic mass is 15.0. The van der Waals surface area contributed by atoms with Gasteiger partial charge in [-0.2, -0.15) is 0 Å². The third-order valence-electron chi connectivity index (χ3n) is 2.05. The quantitative estimate of drug-likeness (QED) is 0.654. The van der Waals surface area contributed by atoms with Crippen LogP contribution in [0, 0.1) is 0 Å². The molecule has 0 unspecified atom stereocenters. The molecule has 0 amide bonds. The van der Waals surface area contributed by atoms with E-state index >= 15 is 0 Å². The zero-order chi connectivity index (χ0) is 8.67. The van der Waals surface area contributed by atoms with Gasteiger partial charge in [0.25, 0.3) is 0 Å². The summed E-state index contributed by atoms with van der Waals surface area (Å²) in [5.41, 5.74) is 1.94. The Morgan fingerprint density at radius 1 is 1.15 bits per heavy atom. The lowest BCUT2D eigenvalue weighted by molar-refractivity contribution is 1.20. The van der Waals surface area contributed by atoms with Gasteiger partial charge < -0.3 is 5.32 Å². The van der Waals surface area contributed by atoms with Crippen molar-refractivity contribution in [2.24, 2.45) is 4.99 Å². The van der Waals surface area contributed by atoms with Crippen LogP contribution < -0.4 is 5.32 Å². The second-order valence-electron chi connectivity index (χ2n) is 2.80. The fraction of sp³-hybridized carbons (Fsp3) is 0. The standard InChI is InChI=1S/C9H6N4/c1-2-6-8-7(3-1)11-5-13-9(8)12-4-10-6/h1-5H,(H,10,11,12,13). The summed E-state index contributed by atoms with van der Waals surface area (Å²) in [6.45, 7) is 0. The van der Waals surface area contributed by atoms with Crippen LogP contribution in [0.2, 0.25) is 0 Å². The van der Waals surface area contributed by atoms with Gasteiger partial charge in [-0.1, -0.05) is 6.07 Å². The van der Waals surface area contributed by atoms with Crippen LogP contribution in [0.3, 0.4) is 0 Å². The Balaban J connectivity index is 2.56. The number of benzene rings is 1. The molecular formula is C9H6N4. The summed E-state index contributed by atoms with van der Waals surface area (Å²) in [6.07, 6.45) is 3.17. The van der Waals surface area contributed by atoms with Crippen LogP contribution in [-0.2, 0) is 0 Å². The van der Waals surface area contributed by atoms with E-state index in [1.165, 1.54) is 6.33 Å². The summed E-state index contributed by atoms with van der Waals surface area (Å²) in [5.74, 6) is 0.736. The van der Waals surface area contributed by atoms with Crippen molar-refractivity contribution in [3.05, 3.63) is 24.5 Å². The molecule has 0 spiro atoms. The van der Waals surface area contributed by atoms with E-state index in [1.807, 2.05) is 18.2 Å². The molecule has 0 saturated heterocycles. The van der Waals surface area contributed by atoms with Gasteiger partial charge in [-0.05, 0) is 12.1 Å². The first-order valence-electron chi connectivity index (χ1n) is 3.98. The van der Waals surface area contributed by atoms with Gasteiger partial charge in [-0.15, -0.1) is 0 Å². The SMILES string of the molecule is C1=Nc2ncnc3cccc(c23)N1. The zero-order valence-electron chi connectivity index (χ0n) is 6.73. The highest BCUT2D eigenvalue weighted by molar-refractivity contribution is 6.05. The Bertz CT molecular complexity index is 499. The lowest BCUT2D eigenvalue weighted by Gasteiger charge is -2.10. The van der Waals surface area contributed by atoms with Crippen molar-refractivity contribution in [3.8, 4) is 0 Å². The maximum Gasteiger partial charge on any atom is 0.166 e. The van der Waals surface area contributed by atoms with E-state index in [4.69, 9.17) is 0 Å². The van der Waals surface area contributed by atoms with E-state index in [9.17, 15) is 0 Å². The number of rotatable bonds is 0. The fourth-order valence-electron chi connectivity index (χ4n) is 1.47. The molecule has 0 fully saturated rings. The molecule has 62 valence electrons. The molecule has 1 N–H and O–H groups in total. The highest BCUT2D eigenvalue weighted by Gasteiger charge is 2.09. The minimum absolute atomic E-state index is 0.736. The molecule has 1 aromatic carbocycles. The van der Waals surface area contributed by atoms with Crippen molar-refractivity contribution in [1.29, 1.82) is 0 Å². The summed E-state index contributed by atoms with van der Waals surface area (Å²) >= 11 is 0. The molecular weight excluding hydrogens is 164 g/mol. The molecule has 0 bridgehead atoms. The Morgan fingerprint density at radius 2 is 2.15 bits per heavy atom. The van der Waals surface area contributed by atoms with Gasteiger partial charge in [0.15, 0.2) is 5.82 Å². The van der Waals surface area contributed by atoms with E-state index in [-0.39, 0.29) is 0 Å². The van der Waals surface area contributed by atoms with Gasteiger partial charge in [0, 0.05) is 0 Å². The molecule has 3 rings (SSSR count). The average molecular weight is 170 g/mol. The van der Waals surface area contributed by atoms with Gasteiger partial charge in [-0.3, -0.25) is 0 Å². The fourth-order valence-corrected chi connectivity index (χ4v) is 1.47. The monoisotopic (exact) mass is 170 g/mol. The number of aromatic nitrogens is 2.